The van der Waals surface area contributed by atoms with Gasteiger partial charge in [0, 0.05) is 28.1 Å². The molecule has 0 rings (SSSR count). The van der Waals surface area contributed by atoms with Crippen molar-refractivity contribution in [1.29, 1.82) is 0 Å². The average Bonchev–Trinajstić information content (AvgIpc) is 1.30. The van der Waals surface area contributed by atoms with Gasteiger partial charge in [-0.25, -0.2) is 0 Å². The van der Waals surface area contributed by atoms with Gasteiger partial charge in [0.05, 0.1) is 0 Å². The van der Waals surface area contributed by atoms with E-state index in [0.717, 1.165) is 0 Å². The van der Waals surface area contributed by atoms with E-state index < -0.39 is 5.72 Å². The van der Waals surface area contributed by atoms with Gasteiger partial charge in [-0.15, -0.1) is 0 Å². The minimum Gasteiger partial charge on any atom is -0.376 e. The third kappa shape index (κ3) is 9.78. The third-order valence-corrected chi connectivity index (χ3v) is 0.650. The Morgan fingerprint density at radius 1 is 1.62 bits per heavy atom. The van der Waals surface area contributed by atoms with Crippen molar-refractivity contribution >= 4 is 0 Å². The van der Waals surface area contributed by atoms with Gasteiger partial charge in [0.1, 0.15) is 5.72 Å². The Morgan fingerprint density at radius 2 is 2.00 bits per heavy atom. The van der Waals surface area contributed by atoms with Gasteiger partial charge in [-0.3, -0.25) is 0 Å². The average molecular weight is 152 g/mol. The molecule has 0 aliphatic carbocycles. The summed E-state index contributed by atoms with van der Waals surface area (Å²) in [5.74, 6) is 0. The van der Waals surface area contributed by atoms with E-state index in [1.54, 1.807) is 0 Å². The number of hydrogen-bond donors (Lipinski definition) is 3. The van der Waals surface area contributed by atoms with Crippen LogP contribution in [0.3, 0.4) is 0 Å². The largest absolute Gasteiger partial charge is 0.376 e. The van der Waals surface area contributed by atoms with Crippen molar-refractivity contribution in [3.63, 3.8) is 0 Å². The molecule has 3 nitrogen and oxygen atoms in total. The fourth-order valence-electron chi connectivity index (χ4n) is 0.292. The topological polar surface area (TPSA) is 72.3 Å². The molecule has 0 fully saturated rings. The van der Waals surface area contributed by atoms with Crippen LogP contribution < -0.4 is 11.5 Å². The van der Waals surface area contributed by atoms with Crippen molar-refractivity contribution in [3.05, 3.63) is 0 Å². The molecule has 0 saturated carbocycles. The van der Waals surface area contributed by atoms with Crippen LogP contribution in [0, 0.1) is 0 Å². The first-order chi connectivity index (χ1) is 3.06. The van der Waals surface area contributed by atoms with Crippen molar-refractivity contribution in [1.82, 2.24) is 0 Å². The molecular formula is C4H12N2OTi. The summed E-state index contributed by atoms with van der Waals surface area (Å²) in [6, 6.07) is 0. The first-order valence-corrected chi connectivity index (χ1v) is 2.27. The van der Waals surface area contributed by atoms with Crippen molar-refractivity contribution in [2.24, 2.45) is 11.5 Å². The Kier molecular flexibility index (Phi) is 6.37. The summed E-state index contributed by atoms with van der Waals surface area (Å²) in [5.41, 5.74) is 9.12. The molecule has 0 saturated heterocycles. The van der Waals surface area contributed by atoms with Gasteiger partial charge in [0.2, 0.25) is 0 Å². The van der Waals surface area contributed by atoms with Gasteiger partial charge in [0.15, 0.2) is 0 Å². The van der Waals surface area contributed by atoms with Crippen LogP contribution in [0.2, 0.25) is 0 Å². The van der Waals surface area contributed by atoms with E-state index in [-0.39, 0.29) is 21.7 Å². The van der Waals surface area contributed by atoms with Crippen molar-refractivity contribution in [3.8, 4) is 0 Å². The van der Waals surface area contributed by atoms with Crippen molar-refractivity contribution in [2.75, 3.05) is 6.54 Å². The summed E-state index contributed by atoms with van der Waals surface area (Å²) < 4.78 is 0. The Labute approximate surface area is 64.3 Å². The summed E-state index contributed by atoms with van der Waals surface area (Å²) in [6.07, 6.45) is 0.451. The van der Waals surface area contributed by atoms with Crippen molar-refractivity contribution < 1.29 is 26.8 Å². The number of nitrogens with two attached hydrogens (primary N) is 2. The smallest absolute Gasteiger partial charge is 0.111 e. The van der Waals surface area contributed by atoms with Crippen LogP contribution in [-0.4, -0.2) is 17.4 Å². The molecular weight excluding hydrogens is 140 g/mol. The van der Waals surface area contributed by atoms with Gasteiger partial charge in [-0.1, -0.05) is 0 Å². The summed E-state index contributed by atoms with van der Waals surface area (Å²) in [7, 11) is 0. The maximum Gasteiger partial charge on any atom is 0.111 e. The summed E-state index contributed by atoms with van der Waals surface area (Å²) in [6.45, 7) is 1.96. The fourth-order valence-corrected chi connectivity index (χ4v) is 0.292. The van der Waals surface area contributed by atoms with Crippen LogP contribution >= 0.6 is 0 Å². The van der Waals surface area contributed by atoms with Gasteiger partial charge >= 0.3 is 0 Å². The molecule has 0 spiro atoms. The fraction of sp³-hybridized carbons (Fsp3) is 1.00. The Morgan fingerprint density at radius 3 is 2.00 bits per heavy atom. The normalized spacial score (nSPS) is 16.5. The number of aliphatic hydroxyl groups is 1. The minimum absolute atomic E-state index is 0. The summed E-state index contributed by atoms with van der Waals surface area (Å²) >= 11 is 0. The number of hydrogen-bond acceptors (Lipinski definition) is 3. The van der Waals surface area contributed by atoms with E-state index in [2.05, 4.69) is 0 Å². The standard InChI is InChI=1S/C4H12N2O.Ti/c1-4(6,7)2-3-5;/h7H,2-3,5-6H2,1H3;. The summed E-state index contributed by atoms with van der Waals surface area (Å²) in [4.78, 5) is 0. The molecule has 0 bridgehead atoms. The van der Waals surface area contributed by atoms with Gasteiger partial charge < -0.3 is 16.6 Å². The Bertz CT molecular complexity index is 52.5. The van der Waals surface area contributed by atoms with Gasteiger partial charge in [-0.05, 0) is 13.5 Å². The van der Waals surface area contributed by atoms with E-state index in [1.165, 1.54) is 6.92 Å². The molecule has 5 N–H and O–H groups in total. The molecule has 8 heavy (non-hydrogen) atoms. The zero-order valence-electron chi connectivity index (χ0n) is 5.02. The van der Waals surface area contributed by atoms with Gasteiger partial charge in [0.25, 0.3) is 0 Å². The van der Waals surface area contributed by atoms with E-state index in [0.29, 0.717) is 13.0 Å². The maximum atomic E-state index is 8.72. The number of rotatable bonds is 2. The molecule has 48 valence electrons. The quantitative estimate of drug-likeness (QED) is 0.351. The third-order valence-electron chi connectivity index (χ3n) is 0.650. The monoisotopic (exact) mass is 152 g/mol. The molecule has 4 heteroatoms. The summed E-state index contributed by atoms with van der Waals surface area (Å²) in [5, 5.41) is 8.72. The zero-order chi connectivity index (χ0) is 5.91. The molecule has 0 aromatic carbocycles. The molecule has 0 aliphatic rings. The van der Waals surface area contributed by atoms with Crippen LogP contribution in [0.25, 0.3) is 0 Å². The zero-order valence-corrected chi connectivity index (χ0v) is 6.58. The molecule has 1 atom stereocenters. The predicted octanol–water partition coefficient (Wildman–Crippen LogP) is -1.00. The van der Waals surface area contributed by atoms with E-state index in [4.69, 9.17) is 16.6 Å². The predicted molar refractivity (Wildman–Crippen MR) is 28.5 cm³/mol. The molecule has 1 unspecified atom stereocenters. The van der Waals surface area contributed by atoms with Gasteiger partial charge in [-0.2, -0.15) is 0 Å². The van der Waals surface area contributed by atoms with E-state index >= 15 is 0 Å². The molecule has 0 radical (unpaired) electrons. The Balaban J connectivity index is 0. The maximum absolute atomic E-state index is 8.72. The Hall–Kier alpha value is 0.594. The second kappa shape index (κ2) is 4.47. The van der Waals surface area contributed by atoms with Crippen LogP contribution in [0.4, 0.5) is 0 Å². The minimum atomic E-state index is -1.07. The molecule has 0 amide bonds. The molecule has 0 aromatic heterocycles. The molecule has 0 aromatic rings. The first-order valence-electron chi connectivity index (χ1n) is 2.27. The van der Waals surface area contributed by atoms with Crippen LogP contribution in [0.15, 0.2) is 0 Å². The second-order valence-corrected chi connectivity index (χ2v) is 1.90. The second-order valence-electron chi connectivity index (χ2n) is 1.90. The van der Waals surface area contributed by atoms with Crippen LogP contribution in [0.1, 0.15) is 13.3 Å². The van der Waals surface area contributed by atoms with E-state index in [9.17, 15) is 0 Å². The van der Waals surface area contributed by atoms with Crippen LogP contribution in [-0.2, 0) is 21.7 Å². The van der Waals surface area contributed by atoms with Crippen molar-refractivity contribution in [2.45, 2.75) is 19.1 Å². The van der Waals surface area contributed by atoms with E-state index in [1.807, 2.05) is 0 Å². The molecule has 0 aliphatic heterocycles. The molecule has 0 heterocycles. The van der Waals surface area contributed by atoms with Crippen LogP contribution in [0.5, 0.6) is 0 Å². The SMILES string of the molecule is CC(N)(O)CCN.[Ti]. The first kappa shape index (κ1) is 11.4.